The number of benzene rings is 1. The molecule has 1 heterocycles. The van der Waals surface area contributed by atoms with Crippen LogP contribution in [0.4, 0.5) is 0 Å². The van der Waals surface area contributed by atoms with Gasteiger partial charge in [-0.2, -0.15) is 0 Å². The molecule has 1 aromatic heterocycles. The molecule has 1 fully saturated rings. The molecular weight excluding hydrogens is 214 g/mol. The zero-order valence-electron chi connectivity index (χ0n) is 10.1. The SMILES string of the molecule is COc1cccc2c(=O)n(C3CC3)cc(C)c12. The van der Waals surface area contributed by atoms with Crippen molar-refractivity contribution in [2.24, 2.45) is 0 Å². The second kappa shape index (κ2) is 3.62. The van der Waals surface area contributed by atoms with Gasteiger partial charge in [0.25, 0.3) is 5.56 Å². The second-order valence-corrected chi connectivity index (χ2v) is 4.64. The maximum absolute atomic E-state index is 12.3. The summed E-state index contributed by atoms with van der Waals surface area (Å²) in [5, 5.41) is 1.70. The van der Waals surface area contributed by atoms with E-state index in [0.29, 0.717) is 6.04 Å². The van der Waals surface area contributed by atoms with Crippen molar-refractivity contribution in [3.05, 3.63) is 40.3 Å². The third-order valence-electron chi connectivity index (χ3n) is 3.38. The fourth-order valence-corrected chi connectivity index (χ4v) is 2.38. The lowest BCUT2D eigenvalue weighted by Gasteiger charge is -2.11. The smallest absolute Gasteiger partial charge is 0.258 e. The minimum absolute atomic E-state index is 0.104. The maximum atomic E-state index is 12.3. The van der Waals surface area contributed by atoms with Crippen molar-refractivity contribution < 1.29 is 4.74 Å². The molecule has 3 rings (SSSR count). The first-order chi connectivity index (χ1) is 8.22. The van der Waals surface area contributed by atoms with E-state index in [4.69, 9.17) is 4.74 Å². The molecular formula is C14H15NO2. The Morgan fingerprint density at radius 2 is 2.12 bits per heavy atom. The van der Waals surface area contributed by atoms with E-state index in [-0.39, 0.29) is 5.56 Å². The predicted molar refractivity (Wildman–Crippen MR) is 67.8 cm³/mol. The summed E-state index contributed by atoms with van der Waals surface area (Å²) in [6.07, 6.45) is 4.20. The fraction of sp³-hybridized carbons (Fsp3) is 0.357. The minimum Gasteiger partial charge on any atom is -0.496 e. The summed E-state index contributed by atoms with van der Waals surface area (Å²) in [5.74, 6) is 0.778. The zero-order chi connectivity index (χ0) is 12.0. The highest BCUT2D eigenvalue weighted by Crippen LogP contribution is 2.35. The lowest BCUT2D eigenvalue weighted by Crippen LogP contribution is -2.19. The molecule has 1 aromatic carbocycles. The van der Waals surface area contributed by atoms with Crippen LogP contribution in [0, 0.1) is 6.92 Å². The van der Waals surface area contributed by atoms with E-state index in [9.17, 15) is 4.79 Å². The molecule has 0 radical (unpaired) electrons. The molecule has 0 saturated heterocycles. The number of aromatic nitrogens is 1. The van der Waals surface area contributed by atoms with Crippen molar-refractivity contribution >= 4 is 10.8 Å². The fourth-order valence-electron chi connectivity index (χ4n) is 2.38. The molecule has 1 aliphatic rings. The monoisotopic (exact) mass is 229 g/mol. The summed E-state index contributed by atoms with van der Waals surface area (Å²) in [6, 6.07) is 6.07. The topological polar surface area (TPSA) is 31.2 Å². The van der Waals surface area contributed by atoms with E-state index in [1.165, 1.54) is 0 Å². The highest BCUT2D eigenvalue weighted by Gasteiger charge is 2.25. The van der Waals surface area contributed by atoms with Crippen molar-refractivity contribution in [3.8, 4) is 5.75 Å². The number of aryl methyl sites for hydroxylation is 1. The number of rotatable bonds is 2. The third kappa shape index (κ3) is 1.54. The minimum atomic E-state index is 0.104. The third-order valence-corrected chi connectivity index (χ3v) is 3.38. The summed E-state index contributed by atoms with van der Waals surface area (Å²) in [4.78, 5) is 12.3. The van der Waals surface area contributed by atoms with Gasteiger partial charge in [-0.25, -0.2) is 0 Å². The van der Waals surface area contributed by atoms with Crippen molar-refractivity contribution in [1.29, 1.82) is 0 Å². The van der Waals surface area contributed by atoms with Gasteiger partial charge in [0.15, 0.2) is 0 Å². The largest absolute Gasteiger partial charge is 0.496 e. The van der Waals surface area contributed by atoms with E-state index in [1.807, 2.05) is 35.9 Å². The summed E-state index contributed by atoms with van der Waals surface area (Å²) in [6.45, 7) is 2.03. The molecule has 1 saturated carbocycles. The number of pyridine rings is 1. The van der Waals surface area contributed by atoms with Crippen molar-refractivity contribution in [1.82, 2.24) is 4.57 Å². The molecule has 0 aliphatic heterocycles. The van der Waals surface area contributed by atoms with Crippen molar-refractivity contribution in [2.75, 3.05) is 7.11 Å². The van der Waals surface area contributed by atoms with Gasteiger partial charge in [0.2, 0.25) is 0 Å². The Balaban J connectivity index is 2.40. The van der Waals surface area contributed by atoms with E-state index in [1.54, 1.807) is 7.11 Å². The number of nitrogens with zero attached hydrogens (tertiary/aromatic N) is 1. The number of methoxy groups -OCH3 is 1. The quantitative estimate of drug-likeness (QED) is 0.792. The molecule has 0 spiro atoms. The van der Waals surface area contributed by atoms with Crippen molar-refractivity contribution in [2.45, 2.75) is 25.8 Å². The molecule has 3 nitrogen and oxygen atoms in total. The van der Waals surface area contributed by atoms with Crippen LogP contribution in [-0.2, 0) is 0 Å². The predicted octanol–water partition coefficient (Wildman–Crippen LogP) is 2.65. The van der Waals surface area contributed by atoms with E-state index >= 15 is 0 Å². The van der Waals surface area contributed by atoms with Crippen LogP contribution in [0.2, 0.25) is 0 Å². The number of hydrogen-bond acceptors (Lipinski definition) is 2. The molecule has 0 N–H and O–H groups in total. The average Bonchev–Trinajstić information content (AvgIpc) is 3.17. The lowest BCUT2D eigenvalue weighted by molar-refractivity contribution is 0.419. The van der Waals surface area contributed by atoms with Crippen LogP contribution in [0.15, 0.2) is 29.2 Å². The van der Waals surface area contributed by atoms with E-state index in [2.05, 4.69) is 0 Å². The standard InChI is InChI=1S/C14H15NO2/c1-9-8-15(10-6-7-10)14(16)11-4-3-5-12(17-2)13(9)11/h3-5,8,10H,6-7H2,1-2H3. The van der Waals surface area contributed by atoms with Crippen LogP contribution in [0.3, 0.4) is 0 Å². The first kappa shape index (κ1) is 10.4. The lowest BCUT2D eigenvalue weighted by atomic mass is 10.1. The zero-order valence-corrected chi connectivity index (χ0v) is 10.1. The highest BCUT2D eigenvalue weighted by molar-refractivity contribution is 5.90. The second-order valence-electron chi connectivity index (χ2n) is 4.64. The van der Waals surface area contributed by atoms with Crippen LogP contribution in [0.5, 0.6) is 5.75 Å². The van der Waals surface area contributed by atoms with Gasteiger partial charge in [-0.15, -0.1) is 0 Å². The Hall–Kier alpha value is -1.77. The molecule has 0 amide bonds. The molecule has 0 unspecified atom stereocenters. The van der Waals surface area contributed by atoms with E-state index in [0.717, 1.165) is 34.9 Å². The molecule has 0 bridgehead atoms. The first-order valence-corrected chi connectivity index (χ1v) is 5.91. The van der Waals surface area contributed by atoms with Gasteiger partial charge in [0.05, 0.1) is 12.5 Å². The first-order valence-electron chi connectivity index (χ1n) is 5.91. The van der Waals surface area contributed by atoms with Crippen LogP contribution in [0.1, 0.15) is 24.4 Å². The Kier molecular flexibility index (Phi) is 2.21. The van der Waals surface area contributed by atoms with Gasteiger partial charge < -0.3 is 9.30 Å². The molecule has 0 atom stereocenters. The normalized spacial score (nSPS) is 15.2. The Bertz CT molecular complexity index is 638. The maximum Gasteiger partial charge on any atom is 0.258 e. The summed E-state index contributed by atoms with van der Waals surface area (Å²) in [7, 11) is 1.64. The summed E-state index contributed by atoms with van der Waals surface area (Å²) < 4.78 is 7.20. The van der Waals surface area contributed by atoms with Crippen LogP contribution >= 0.6 is 0 Å². The summed E-state index contributed by atoms with van der Waals surface area (Å²) >= 11 is 0. The van der Waals surface area contributed by atoms with Crippen LogP contribution < -0.4 is 10.3 Å². The molecule has 3 heteroatoms. The molecule has 88 valence electrons. The number of hydrogen-bond donors (Lipinski definition) is 0. The van der Waals surface area contributed by atoms with Gasteiger partial charge >= 0.3 is 0 Å². The van der Waals surface area contributed by atoms with Gasteiger partial charge in [-0.1, -0.05) is 6.07 Å². The molecule has 2 aromatic rings. The Morgan fingerprint density at radius 1 is 1.35 bits per heavy atom. The Morgan fingerprint density at radius 3 is 2.76 bits per heavy atom. The Labute approximate surface area is 99.6 Å². The van der Waals surface area contributed by atoms with Crippen LogP contribution in [0.25, 0.3) is 10.8 Å². The molecule has 1 aliphatic carbocycles. The van der Waals surface area contributed by atoms with Gasteiger partial charge in [-0.05, 0) is 37.5 Å². The highest BCUT2D eigenvalue weighted by atomic mass is 16.5. The number of fused-ring (bicyclic) bond motifs is 1. The van der Waals surface area contributed by atoms with Gasteiger partial charge in [0.1, 0.15) is 5.75 Å². The average molecular weight is 229 g/mol. The van der Waals surface area contributed by atoms with Crippen molar-refractivity contribution in [3.63, 3.8) is 0 Å². The van der Waals surface area contributed by atoms with E-state index < -0.39 is 0 Å². The summed E-state index contributed by atoms with van der Waals surface area (Å²) in [5.41, 5.74) is 1.20. The number of ether oxygens (including phenoxy) is 1. The van der Waals surface area contributed by atoms with Gasteiger partial charge in [0, 0.05) is 17.6 Å². The van der Waals surface area contributed by atoms with Gasteiger partial charge in [-0.3, -0.25) is 4.79 Å². The molecule has 17 heavy (non-hydrogen) atoms. The van der Waals surface area contributed by atoms with Crippen LogP contribution in [-0.4, -0.2) is 11.7 Å².